The van der Waals surface area contributed by atoms with Gasteiger partial charge < -0.3 is 20.4 Å². The fourth-order valence-electron chi connectivity index (χ4n) is 5.49. The first-order valence-electron chi connectivity index (χ1n) is 13.8. The Morgan fingerprint density at radius 3 is 2.48 bits per heavy atom. The van der Waals surface area contributed by atoms with E-state index in [4.69, 9.17) is 0 Å². The first kappa shape index (κ1) is 26.0. The van der Waals surface area contributed by atoms with Crippen LogP contribution in [0.5, 0.6) is 0 Å². The van der Waals surface area contributed by atoms with Gasteiger partial charge in [0.25, 0.3) is 5.91 Å². The van der Waals surface area contributed by atoms with Crippen LogP contribution >= 0.6 is 0 Å². The number of rotatable bonds is 7. The molecule has 0 bridgehead atoms. The highest BCUT2D eigenvalue weighted by atomic mass is 19.1. The third-order valence-electron chi connectivity index (χ3n) is 8.08. The average molecular weight is 537 g/mol. The number of benzene rings is 4. The summed E-state index contributed by atoms with van der Waals surface area (Å²) in [7, 11) is 2.15. The van der Waals surface area contributed by atoms with Crippen molar-refractivity contribution in [2.75, 3.05) is 43.4 Å². The van der Waals surface area contributed by atoms with E-state index >= 15 is 0 Å². The molecule has 1 saturated heterocycles. The van der Waals surface area contributed by atoms with E-state index in [1.807, 2.05) is 36.4 Å². The molecule has 1 saturated carbocycles. The predicted molar refractivity (Wildman–Crippen MR) is 157 cm³/mol. The number of carbonyl (C=O) groups excluding carboxylic acids is 2. The van der Waals surface area contributed by atoms with Gasteiger partial charge in [-0.05, 0) is 66.2 Å². The number of likely N-dealkylation sites (N-methyl/N-ethyl adjacent to an activating group) is 1. The van der Waals surface area contributed by atoms with Crippen molar-refractivity contribution in [2.45, 2.75) is 18.9 Å². The molecule has 2 fully saturated rings. The Kier molecular flexibility index (Phi) is 7.22. The van der Waals surface area contributed by atoms with E-state index in [1.54, 1.807) is 24.3 Å². The van der Waals surface area contributed by atoms with Crippen LogP contribution in [0, 0.1) is 11.7 Å². The second kappa shape index (κ2) is 11.1. The number of nitrogens with one attached hydrogen (secondary N) is 2. The van der Waals surface area contributed by atoms with E-state index in [9.17, 15) is 14.0 Å². The maximum absolute atomic E-state index is 14.9. The number of anilines is 2. The quantitative estimate of drug-likeness (QED) is 0.332. The van der Waals surface area contributed by atoms with Crippen molar-refractivity contribution in [3.05, 3.63) is 107 Å². The lowest BCUT2D eigenvalue weighted by Crippen LogP contribution is -2.44. The highest BCUT2D eigenvalue weighted by Gasteiger charge is 2.44. The van der Waals surface area contributed by atoms with Crippen molar-refractivity contribution < 1.29 is 14.0 Å². The van der Waals surface area contributed by atoms with Crippen LogP contribution < -0.4 is 15.5 Å². The molecule has 2 N–H and O–H groups in total. The van der Waals surface area contributed by atoms with Gasteiger partial charge in [-0.1, -0.05) is 54.6 Å². The Hall–Kier alpha value is -4.23. The van der Waals surface area contributed by atoms with Gasteiger partial charge in [-0.3, -0.25) is 9.59 Å². The second-order valence-electron chi connectivity index (χ2n) is 10.9. The van der Waals surface area contributed by atoms with Crippen molar-refractivity contribution >= 4 is 34.0 Å². The summed E-state index contributed by atoms with van der Waals surface area (Å²) in [5, 5.41) is 7.06. The standard InChI is InChI=1S/C33H33FN4O2/c1-37-15-17-38(18-16-37)26-12-9-22(10-13-26)21-35-32(39)25-7-4-6-24(19-25)28-20-29(28)33(40)36-30-14-11-23-5-2-3-8-27(23)31(30)34/h2-14,19,28-29H,15-18,20-21H2,1H3,(H,35,39)(H,36,40)/t28-,29+/m0/s1. The lowest BCUT2D eigenvalue weighted by atomic mass is 10.0. The van der Waals surface area contributed by atoms with Crippen LogP contribution in [0.4, 0.5) is 15.8 Å². The SMILES string of the molecule is CN1CCN(c2ccc(CNC(=O)c3cccc([C@@H]4C[C@H]4C(=O)Nc4ccc5ccccc5c4F)c3)cc2)CC1. The Bertz CT molecular complexity index is 1550. The van der Waals surface area contributed by atoms with Crippen LogP contribution in [0.1, 0.15) is 33.8 Å². The van der Waals surface area contributed by atoms with Gasteiger partial charge in [0.1, 0.15) is 0 Å². The summed E-state index contributed by atoms with van der Waals surface area (Å²) < 4.78 is 14.9. The largest absolute Gasteiger partial charge is 0.369 e. The molecule has 6 nitrogen and oxygen atoms in total. The lowest BCUT2D eigenvalue weighted by molar-refractivity contribution is -0.117. The molecule has 2 atom stereocenters. The second-order valence-corrected chi connectivity index (χ2v) is 10.9. The van der Waals surface area contributed by atoms with Gasteiger partial charge in [-0.15, -0.1) is 0 Å². The number of piperazine rings is 1. The Morgan fingerprint density at radius 1 is 0.900 bits per heavy atom. The van der Waals surface area contributed by atoms with Crippen molar-refractivity contribution in [1.82, 2.24) is 10.2 Å². The number of hydrogen-bond acceptors (Lipinski definition) is 4. The highest BCUT2D eigenvalue weighted by molar-refractivity contribution is 5.98. The maximum atomic E-state index is 14.9. The molecule has 1 aliphatic carbocycles. The Morgan fingerprint density at radius 2 is 1.68 bits per heavy atom. The topological polar surface area (TPSA) is 64.7 Å². The molecule has 0 aromatic heterocycles. The van der Waals surface area contributed by atoms with Crippen LogP contribution in [0.2, 0.25) is 0 Å². The highest BCUT2D eigenvalue weighted by Crippen LogP contribution is 2.48. The predicted octanol–water partition coefficient (Wildman–Crippen LogP) is 5.40. The molecule has 204 valence electrons. The fourth-order valence-corrected chi connectivity index (χ4v) is 5.49. The molecular formula is C33H33FN4O2. The minimum absolute atomic E-state index is 0.0124. The minimum Gasteiger partial charge on any atom is -0.369 e. The van der Waals surface area contributed by atoms with E-state index in [1.165, 1.54) is 5.69 Å². The van der Waals surface area contributed by atoms with Crippen molar-refractivity contribution in [3.8, 4) is 0 Å². The molecule has 0 unspecified atom stereocenters. The molecule has 2 aliphatic rings. The summed E-state index contributed by atoms with van der Waals surface area (Å²) in [6.45, 7) is 4.61. The Labute approximate surface area is 233 Å². The maximum Gasteiger partial charge on any atom is 0.251 e. The van der Waals surface area contributed by atoms with Gasteiger partial charge in [0.15, 0.2) is 5.82 Å². The zero-order chi connectivity index (χ0) is 27.6. The molecule has 0 spiro atoms. The number of nitrogens with zero attached hydrogens (tertiary/aromatic N) is 2. The molecule has 40 heavy (non-hydrogen) atoms. The van der Waals surface area contributed by atoms with Crippen LogP contribution in [0.3, 0.4) is 0 Å². The van der Waals surface area contributed by atoms with Gasteiger partial charge in [0.2, 0.25) is 5.91 Å². The molecule has 1 aliphatic heterocycles. The van der Waals surface area contributed by atoms with Crippen LogP contribution in [-0.4, -0.2) is 49.9 Å². The Balaban J connectivity index is 1.04. The van der Waals surface area contributed by atoms with Crippen molar-refractivity contribution in [2.24, 2.45) is 5.92 Å². The lowest BCUT2D eigenvalue weighted by Gasteiger charge is -2.34. The summed E-state index contributed by atoms with van der Waals surface area (Å²) >= 11 is 0. The zero-order valence-corrected chi connectivity index (χ0v) is 22.6. The summed E-state index contributed by atoms with van der Waals surface area (Å²) in [6, 6.07) is 26.4. The van der Waals surface area contributed by atoms with Crippen molar-refractivity contribution in [3.63, 3.8) is 0 Å². The first-order valence-corrected chi connectivity index (χ1v) is 13.8. The van der Waals surface area contributed by atoms with E-state index in [0.29, 0.717) is 23.9 Å². The monoisotopic (exact) mass is 536 g/mol. The van der Waals surface area contributed by atoms with Gasteiger partial charge in [-0.25, -0.2) is 4.39 Å². The molecular weight excluding hydrogens is 503 g/mol. The molecule has 2 amide bonds. The molecule has 7 heteroatoms. The first-order chi connectivity index (χ1) is 19.5. The van der Waals surface area contributed by atoms with E-state index in [2.05, 4.69) is 51.7 Å². The smallest absolute Gasteiger partial charge is 0.251 e. The van der Waals surface area contributed by atoms with Gasteiger partial charge in [0.05, 0.1) is 5.69 Å². The number of fused-ring (bicyclic) bond motifs is 1. The summed E-state index contributed by atoms with van der Waals surface area (Å²) in [5.41, 5.74) is 3.96. The average Bonchev–Trinajstić information content (AvgIpc) is 3.80. The fraction of sp³-hybridized carbons (Fsp3) is 0.273. The molecule has 1 heterocycles. The van der Waals surface area contributed by atoms with Gasteiger partial charge >= 0.3 is 0 Å². The zero-order valence-electron chi connectivity index (χ0n) is 22.6. The number of carbonyl (C=O) groups is 2. The third kappa shape index (κ3) is 5.56. The molecule has 4 aromatic rings. The van der Waals surface area contributed by atoms with Gasteiger partial charge in [0, 0.05) is 55.3 Å². The molecule has 6 rings (SSSR count). The molecule has 0 radical (unpaired) electrons. The number of hydrogen-bond donors (Lipinski definition) is 2. The van der Waals surface area contributed by atoms with Crippen LogP contribution in [0.25, 0.3) is 10.8 Å². The van der Waals surface area contributed by atoms with Gasteiger partial charge in [-0.2, -0.15) is 0 Å². The van der Waals surface area contributed by atoms with Crippen molar-refractivity contribution in [1.29, 1.82) is 0 Å². The van der Waals surface area contributed by atoms with E-state index in [-0.39, 0.29) is 29.3 Å². The normalized spacial score (nSPS) is 18.9. The van der Waals surface area contributed by atoms with E-state index in [0.717, 1.165) is 42.7 Å². The van der Waals surface area contributed by atoms with Crippen LogP contribution in [0.15, 0.2) is 84.9 Å². The number of amides is 2. The summed E-state index contributed by atoms with van der Waals surface area (Å²) in [5.74, 6) is -1.00. The van der Waals surface area contributed by atoms with E-state index < -0.39 is 5.82 Å². The summed E-state index contributed by atoms with van der Waals surface area (Å²) in [4.78, 5) is 30.5. The van der Waals surface area contributed by atoms with Crippen LogP contribution in [-0.2, 0) is 11.3 Å². The third-order valence-corrected chi connectivity index (χ3v) is 8.08. The molecule has 4 aromatic carbocycles. The minimum atomic E-state index is -0.420. The summed E-state index contributed by atoms with van der Waals surface area (Å²) in [6.07, 6.45) is 0.672. The number of halogens is 1.